The Morgan fingerprint density at radius 2 is 1.86 bits per heavy atom. The third-order valence-corrected chi connectivity index (χ3v) is 5.43. The van der Waals surface area contributed by atoms with Crippen LogP contribution in [0, 0.1) is 5.82 Å². The number of hydrogen-bond acceptors (Lipinski definition) is 4. The van der Waals surface area contributed by atoms with E-state index in [0.29, 0.717) is 54.1 Å². The largest absolute Gasteiger partial charge is 0.355 e. The van der Waals surface area contributed by atoms with Gasteiger partial charge in [0.15, 0.2) is 11.5 Å². The fourth-order valence-corrected chi connectivity index (χ4v) is 3.86. The normalized spacial score (nSPS) is 14.9. The van der Waals surface area contributed by atoms with Gasteiger partial charge in [-0.1, -0.05) is 40.5 Å². The third kappa shape index (κ3) is 4.61. The molecule has 0 spiro atoms. The summed E-state index contributed by atoms with van der Waals surface area (Å²) >= 11 is 12.1. The number of amides is 1. The highest BCUT2D eigenvalue weighted by Crippen LogP contribution is 2.31. The molecule has 0 aliphatic carbocycles. The minimum Gasteiger partial charge on any atom is -0.355 e. The van der Waals surface area contributed by atoms with Crippen molar-refractivity contribution in [2.24, 2.45) is 0 Å². The third-order valence-electron chi connectivity index (χ3n) is 4.88. The Balaban J connectivity index is 1.38. The van der Waals surface area contributed by atoms with Gasteiger partial charge in [-0.2, -0.15) is 0 Å². The Morgan fingerprint density at radius 3 is 2.59 bits per heavy atom. The molecule has 0 atom stereocenters. The quantitative estimate of drug-likeness (QED) is 0.595. The molecule has 2 heterocycles. The highest BCUT2D eigenvalue weighted by molar-refractivity contribution is 6.36. The molecule has 0 saturated carbocycles. The summed E-state index contributed by atoms with van der Waals surface area (Å²) in [5.41, 5.74) is 1.79. The molecule has 8 heteroatoms. The van der Waals surface area contributed by atoms with Crippen LogP contribution in [0.25, 0.3) is 11.3 Å². The Labute approximate surface area is 177 Å². The standard InChI is InChI=1S/C21H18Cl2FN3O2/c22-15-4-5-17(18(23)11-15)20-12-19(25-29-20)21(28)27-8-6-26(7-9-27)13-14-2-1-3-16(24)10-14/h1-5,10-12H,6-9,13H2. The highest BCUT2D eigenvalue weighted by atomic mass is 35.5. The van der Waals surface area contributed by atoms with E-state index in [-0.39, 0.29) is 17.4 Å². The van der Waals surface area contributed by atoms with Gasteiger partial charge in [0.2, 0.25) is 0 Å². The molecule has 4 rings (SSSR count). The van der Waals surface area contributed by atoms with E-state index in [9.17, 15) is 9.18 Å². The van der Waals surface area contributed by atoms with Crippen molar-refractivity contribution in [2.45, 2.75) is 6.54 Å². The first-order chi connectivity index (χ1) is 14.0. The first-order valence-electron chi connectivity index (χ1n) is 9.18. The van der Waals surface area contributed by atoms with Gasteiger partial charge < -0.3 is 9.42 Å². The van der Waals surface area contributed by atoms with E-state index in [4.69, 9.17) is 27.7 Å². The maximum atomic E-state index is 13.3. The second-order valence-electron chi connectivity index (χ2n) is 6.90. The van der Waals surface area contributed by atoms with Gasteiger partial charge in [-0.15, -0.1) is 0 Å². The highest BCUT2D eigenvalue weighted by Gasteiger charge is 2.25. The molecular formula is C21H18Cl2FN3O2. The summed E-state index contributed by atoms with van der Waals surface area (Å²) in [6.07, 6.45) is 0. The zero-order valence-electron chi connectivity index (χ0n) is 15.4. The summed E-state index contributed by atoms with van der Waals surface area (Å²) in [5.74, 6) is -0.00538. The minimum atomic E-state index is -0.237. The van der Waals surface area contributed by atoms with Crippen molar-refractivity contribution in [2.75, 3.05) is 26.2 Å². The molecule has 1 aliphatic heterocycles. The van der Waals surface area contributed by atoms with Gasteiger partial charge in [-0.3, -0.25) is 9.69 Å². The smallest absolute Gasteiger partial charge is 0.276 e. The van der Waals surface area contributed by atoms with Crippen LogP contribution in [0.15, 0.2) is 53.1 Å². The van der Waals surface area contributed by atoms with Crippen LogP contribution in [0.1, 0.15) is 16.1 Å². The Hall–Kier alpha value is -2.41. The summed E-state index contributed by atoms with van der Waals surface area (Å²) in [4.78, 5) is 16.7. The van der Waals surface area contributed by atoms with Crippen LogP contribution in [0.3, 0.4) is 0 Å². The van der Waals surface area contributed by atoms with Gasteiger partial charge in [0.05, 0.1) is 5.02 Å². The minimum absolute atomic E-state index is 0.185. The van der Waals surface area contributed by atoms with Crippen LogP contribution >= 0.6 is 23.2 Å². The average Bonchev–Trinajstić information content (AvgIpc) is 3.18. The van der Waals surface area contributed by atoms with Crippen LogP contribution in [0.4, 0.5) is 4.39 Å². The van der Waals surface area contributed by atoms with Crippen LogP contribution in [0.5, 0.6) is 0 Å². The van der Waals surface area contributed by atoms with Crippen molar-refractivity contribution in [1.82, 2.24) is 15.0 Å². The summed E-state index contributed by atoms with van der Waals surface area (Å²) in [5, 5.41) is 4.86. The monoisotopic (exact) mass is 433 g/mol. The topological polar surface area (TPSA) is 49.6 Å². The predicted molar refractivity (Wildman–Crippen MR) is 110 cm³/mol. The Bertz CT molecular complexity index is 1030. The summed E-state index contributed by atoms with van der Waals surface area (Å²) < 4.78 is 18.7. The number of carbonyl (C=O) groups is 1. The van der Waals surface area contributed by atoms with Crippen molar-refractivity contribution in [1.29, 1.82) is 0 Å². The average molecular weight is 434 g/mol. The number of piperazine rings is 1. The van der Waals surface area contributed by atoms with E-state index >= 15 is 0 Å². The number of carbonyl (C=O) groups excluding carboxylic acids is 1. The number of rotatable bonds is 4. The van der Waals surface area contributed by atoms with E-state index in [1.807, 2.05) is 6.07 Å². The zero-order chi connectivity index (χ0) is 20.4. The maximum Gasteiger partial charge on any atom is 0.276 e. The first kappa shape index (κ1) is 19.9. The second-order valence-corrected chi connectivity index (χ2v) is 7.74. The van der Waals surface area contributed by atoms with Gasteiger partial charge in [-0.25, -0.2) is 4.39 Å². The lowest BCUT2D eigenvalue weighted by molar-refractivity contribution is 0.0618. The fraction of sp³-hybridized carbons (Fsp3) is 0.238. The molecule has 0 radical (unpaired) electrons. The molecule has 3 aromatic rings. The number of benzene rings is 2. The molecule has 1 aliphatic rings. The summed E-state index contributed by atoms with van der Waals surface area (Å²) in [6.45, 7) is 3.20. The van der Waals surface area contributed by atoms with Gasteiger partial charge in [-0.05, 0) is 35.9 Å². The predicted octanol–water partition coefficient (Wildman–Crippen LogP) is 4.75. The number of nitrogens with zero attached hydrogens (tertiary/aromatic N) is 3. The van der Waals surface area contributed by atoms with Crippen molar-refractivity contribution in [3.63, 3.8) is 0 Å². The van der Waals surface area contributed by atoms with Crippen LogP contribution in [0.2, 0.25) is 10.0 Å². The second kappa shape index (κ2) is 8.53. The SMILES string of the molecule is O=C(c1cc(-c2ccc(Cl)cc2Cl)on1)N1CCN(Cc2cccc(F)c2)CC1. The summed E-state index contributed by atoms with van der Waals surface area (Å²) in [7, 11) is 0. The molecule has 150 valence electrons. The lowest BCUT2D eigenvalue weighted by Crippen LogP contribution is -2.48. The fourth-order valence-electron chi connectivity index (χ4n) is 3.36. The van der Waals surface area contributed by atoms with Gasteiger partial charge >= 0.3 is 0 Å². The Morgan fingerprint density at radius 1 is 1.07 bits per heavy atom. The van der Waals surface area contributed by atoms with Gasteiger partial charge in [0.1, 0.15) is 5.82 Å². The molecule has 1 amide bonds. The number of hydrogen-bond donors (Lipinski definition) is 0. The maximum absolute atomic E-state index is 13.3. The molecule has 0 unspecified atom stereocenters. The van der Waals surface area contributed by atoms with Crippen LogP contribution in [-0.4, -0.2) is 47.0 Å². The lowest BCUT2D eigenvalue weighted by atomic mass is 10.1. The molecule has 1 fully saturated rings. The van der Waals surface area contributed by atoms with Crippen molar-refractivity contribution >= 4 is 29.1 Å². The zero-order valence-corrected chi connectivity index (χ0v) is 17.0. The van der Waals surface area contributed by atoms with E-state index in [0.717, 1.165) is 5.56 Å². The van der Waals surface area contributed by atoms with E-state index in [1.165, 1.54) is 12.1 Å². The van der Waals surface area contributed by atoms with Crippen molar-refractivity contribution < 1.29 is 13.7 Å². The number of aromatic nitrogens is 1. The molecule has 0 bridgehead atoms. The molecule has 1 saturated heterocycles. The summed E-state index contributed by atoms with van der Waals surface area (Å²) in [6, 6.07) is 13.2. The molecule has 2 aromatic carbocycles. The van der Waals surface area contributed by atoms with Gasteiger partial charge in [0, 0.05) is 49.4 Å². The van der Waals surface area contributed by atoms with Crippen molar-refractivity contribution in [3.05, 3.63) is 75.7 Å². The Kier molecular flexibility index (Phi) is 5.85. The first-order valence-corrected chi connectivity index (χ1v) is 9.93. The van der Waals surface area contributed by atoms with Crippen LogP contribution in [-0.2, 0) is 6.54 Å². The lowest BCUT2D eigenvalue weighted by Gasteiger charge is -2.34. The van der Waals surface area contributed by atoms with Gasteiger partial charge in [0.25, 0.3) is 5.91 Å². The van der Waals surface area contributed by atoms with E-state index in [1.54, 1.807) is 35.2 Å². The van der Waals surface area contributed by atoms with E-state index in [2.05, 4.69) is 10.1 Å². The molecule has 0 N–H and O–H groups in total. The molecule has 5 nitrogen and oxygen atoms in total. The van der Waals surface area contributed by atoms with E-state index < -0.39 is 0 Å². The van der Waals surface area contributed by atoms with Crippen molar-refractivity contribution in [3.8, 4) is 11.3 Å². The number of halogens is 3. The molecule has 29 heavy (non-hydrogen) atoms. The molecular weight excluding hydrogens is 416 g/mol. The van der Waals surface area contributed by atoms with Crippen LogP contribution < -0.4 is 0 Å². The molecule has 1 aromatic heterocycles.